The van der Waals surface area contributed by atoms with Crippen LogP contribution in [-0.2, 0) is 13.1 Å². The Morgan fingerprint density at radius 3 is 3.12 bits per heavy atom. The molecule has 90 valence electrons. The van der Waals surface area contributed by atoms with Crippen molar-refractivity contribution in [3.05, 3.63) is 23.6 Å². The van der Waals surface area contributed by atoms with Crippen molar-refractivity contribution >= 4 is 5.95 Å². The fourth-order valence-electron chi connectivity index (χ4n) is 2.27. The SMILES string of the molecule is Cc1ccc(-c2nc3n(c2CN)CCCN3)o1. The van der Waals surface area contributed by atoms with E-state index in [9.17, 15) is 0 Å². The number of hydrogen-bond acceptors (Lipinski definition) is 4. The van der Waals surface area contributed by atoms with Crippen LogP contribution in [0.3, 0.4) is 0 Å². The van der Waals surface area contributed by atoms with E-state index in [1.54, 1.807) is 0 Å². The average molecular weight is 232 g/mol. The molecule has 0 bridgehead atoms. The molecule has 0 unspecified atom stereocenters. The van der Waals surface area contributed by atoms with Crippen molar-refractivity contribution in [1.82, 2.24) is 9.55 Å². The maximum Gasteiger partial charge on any atom is 0.203 e. The van der Waals surface area contributed by atoms with Gasteiger partial charge in [-0.1, -0.05) is 0 Å². The van der Waals surface area contributed by atoms with Gasteiger partial charge in [0, 0.05) is 19.6 Å². The molecule has 0 fully saturated rings. The van der Waals surface area contributed by atoms with Crippen molar-refractivity contribution in [1.29, 1.82) is 0 Å². The monoisotopic (exact) mass is 232 g/mol. The first-order valence-corrected chi connectivity index (χ1v) is 5.89. The summed E-state index contributed by atoms with van der Waals surface area (Å²) >= 11 is 0. The molecule has 5 heteroatoms. The summed E-state index contributed by atoms with van der Waals surface area (Å²) in [5, 5.41) is 3.29. The fraction of sp³-hybridized carbons (Fsp3) is 0.417. The number of anilines is 1. The molecule has 3 heterocycles. The summed E-state index contributed by atoms with van der Waals surface area (Å²) in [7, 11) is 0. The Hall–Kier alpha value is -1.75. The normalized spacial score (nSPS) is 14.5. The summed E-state index contributed by atoms with van der Waals surface area (Å²) in [4.78, 5) is 4.58. The van der Waals surface area contributed by atoms with Gasteiger partial charge in [-0.25, -0.2) is 4.98 Å². The zero-order chi connectivity index (χ0) is 11.8. The molecule has 0 radical (unpaired) electrons. The number of imidazole rings is 1. The maximum absolute atomic E-state index is 5.83. The minimum atomic E-state index is 0.476. The minimum Gasteiger partial charge on any atom is -0.460 e. The summed E-state index contributed by atoms with van der Waals surface area (Å²) in [5.41, 5.74) is 7.74. The second-order valence-corrected chi connectivity index (χ2v) is 4.28. The topological polar surface area (TPSA) is 69.0 Å². The van der Waals surface area contributed by atoms with E-state index in [4.69, 9.17) is 10.2 Å². The number of hydrogen-bond donors (Lipinski definition) is 2. The molecule has 3 rings (SSSR count). The predicted molar refractivity (Wildman–Crippen MR) is 65.7 cm³/mol. The maximum atomic E-state index is 5.83. The Morgan fingerprint density at radius 2 is 2.41 bits per heavy atom. The largest absolute Gasteiger partial charge is 0.460 e. The number of nitrogens with one attached hydrogen (secondary N) is 1. The van der Waals surface area contributed by atoms with Gasteiger partial charge in [-0.3, -0.25) is 0 Å². The lowest BCUT2D eigenvalue weighted by Crippen LogP contribution is -2.19. The van der Waals surface area contributed by atoms with Gasteiger partial charge in [0.05, 0.1) is 5.69 Å². The number of aromatic nitrogens is 2. The Kier molecular flexibility index (Phi) is 2.40. The van der Waals surface area contributed by atoms with Crippen molar-refractivity contribution in [2.75, 3.05) is 11.9 Å². The lowest BCUT2D eigenvalue weighted by molar-refractivity contribution is 0.545. The number of nitrogens with two attached hydrogens (primary N) is 1. The summed E-state index contributed by atoms with van der Waals surface area (Å²) in [6.07, 6.45) is 1.10. The predicted octanol–water partition coefficient (Wildman–Crippen LogP) is 1.73. The van der Waals surface area contributed by atoms with Gasteiger partial charge >= 0.3 is 0 Å². The highest BCUT2D eigenvalue weighted by Crippen LogP contribution is 2.29. The molecule has 2 aromatic heterocycles. The van der Waals surface area contributed by atoms with E-state index in [-0.39, 0.29) is 0 Å². The third kappa shape index (κ3) is 1.63. The molecule has 0 saturated carbocycles. The zero-order valence-corrected chi connectivity index (χ0v) is 9.86. The van der Waals surface area contributed by atoms with Gasteiger partial charge in [-0.2, -0.15) is 0 Å². The minimum absolute atomic E-state index is 0.476. The third-order valence-electron chi connectivity index (χ3n) is 3.08. The van der Waals surface area contributed by atoms with Gasteiger partial charge in [0.1, 0.15) is 11.5 Å². The number of furan rings is 1. The second-order valence-electron chi connectivity index (χ2n) is 4.28. The molecule has 0 aliphatic carbocycles. The highest BCUT2D eigenvalue weighted by Gasteiger charge is 2.21. The highest BCUT2D eigenvalue weighted by molar-refractivity contribution is 5.60. The van der Waals surface area contributed by atoms with E-state index in [0.29, 0.717) is 6.54 Å². The quantitative estimate of drug-likeness (QED) is 0.827. The van der Waals surface area contributed by atoms with E-state index in [0.717, 1.165) is 48.4 Å². The fourth-order valence-corrected chi connectivity index (χ4v) is 2.27. The van der Waals surface area contributed by atoms with Crippen molar-refractivity contribution in [3.63, 3.8) is 0 Å². The van der Waals surface area contributed by atoms with Crippen molar-refractivity contribution in [2.24, 2.45) is 5.73 Å². The van der Waals surface area contributed by atoms with Crippen LogP contribution >= 0.6 is 0 Å². The van der Waals surface area contributed by atoms with Crippen LogP contribution in [0.5, 0.6) is 0 Å². The Labute approximate surface area is 99.6 Å². The standard InChI is InChI=1S/C12H16N4O/c1-8-3-4-10(17-8)11-9(7-13)16-6-2-5-14-12(16)15-11/h3-4H,2,5-7,13H2,1H3,(H,14,15). The highest BCUT2D eigenvalue weighted by atomic mass is 16.3. The first-order chi connectivity index (χ1) is 8.29. The van der Waals surface area contributed by atoms with Gasteiger partial charge in [-0.05, 0) is 25.5 Å². The van der Waals surface area contributed by atoms with Crippen LogP contribution in [0.25, 0.3) is 11.5 Å². The second kappa shape index (κ2) is 3.92. The third-order valence-corrected chi connectivity index (χ3v) is 3.08. The van der Waals surface area contributed by atoms with Crippen molar-refractivity contribution in [3.8, 4) is 11.5 Å². The molecule has 0 spiro atoms. The van der Waals surface area contributed by atoms with Crippen LogP contribution in [0, 0.1) is 6.92 Å². The number of aryl methyl sites for hydroxylation is 1. The van der Waals surface area contributed by atoms with Crippen LogP contribution in [0.1, 0.15) is 17.9 Å². The van der Waals surface area contributed by atoms with Gasteiger partial charge in [0.25, 0.3) is 0 Å². The van der Waals surface area contributed by atoms with Crippen LogP contribution in [-0.4, -0.2) is 16.1 Å². The zero-order valence-electron chi connectivity index (χ0n) is 9.86. The number of nitrogens with zero attached hydrogens (tertiary/aromatic N) is 2. The Morgan fingerprint density at radius 1 is 1.53 bits per heavy atom. The van der Waals surface area contributed by atoms with Crippen LogP contribution < -0.4 is 11.1 Å². The van der Waals surface area contributed by atoms with Crippen LogP contribution in [0.4, 0.5) is 5.95 Å². The summed E-state index contributed by atoms with van der Waals surface area (Å²) in [6, 6.07) is 3.89. The van der Waals surface area contributed by atoms with E-state index in [1.165, 1.54) is 0 Å². The molecular formula is C12H16N4O. The van der Waals surface area contributed by atoms with E-state index in [2.05, 4.69) is 14.9 Å². The number of fused-ring (bicyclic) bond motifs is 1. The molecule has 0 amide bonds. The summed E-state index contributed by atoms with van der Waals surface area (Å²) in [5.74, 6) is 2.59. The first-order valence-electron chi connectivity index (χ1n) is 5.89. The molecule has 17 heavy (non-hydrogen) atoms. The molecule has 0 saturated heterocycles. The van der Waals surface area contributed by atoms with Crippen LogP contribution in [0.2, 0.25) is 0 Å². The van der Waals surface area contributed by atoms with Gasteiger partial charge in [0.15, 0.2) is 5.76 Å². The van der Waals surface area contributed by atoms with E-state index in [1.807, 2.05) is 19.1 Å². The average Bonchev–Trinajstić information content (AvgIpc) is 2.91. The number of rotatable bonds is 2. The van der Waals surface area contributed by atoms with E-state index < -0.39 is 0 Å². The molecule has 1 aliphatic rings. The molecule has 5 nitrogen and oxygen atoms in total. The first kappa shape index (κ1) is 10.4. The van der Waals surface area contributed by atoms with Gasteiger partial charge in [0.2, 0.25) is 5.95 Å². The Balaban J connectivity index is 2.13. The van der Waals surface area contributed by atoms with Gasteiger partial charge < -0.3 is 20.0 Å². The molecule has 2 aromatic rings. The molecule has 0 atom stereocenters. The molecular weight excluding hydrogens is 216 g/mol. The summed E-state index contributed by atoms with van der Waals surface area (Å²) in [6.45, 7) is 4.35. The molecule has 1 aliphatic heterocycles. The van der Waals surface area contributed by atoms with Crippen molar-refractivity contribution in [2.45, 2.75) is 26.4 Å². The molecule has 0 aromatic carbocycles. The van der Waals surface area contributed by atoms with Crippen LogP contribution in [0.15, 0.2) is 16.5 Å². The molecule has 3 N–H and O–H groups in total. The smallest absolute Gasteiger partial charge is 0.203 e. The lowest BCUT2D eigenvalue weighted by atomic mass is 10.2. The van der Waals surface area contributed by atoms with E-state index >= 15 is 0 Å². The Bertz CT molecular complexity index is 541. The lowest BCUT2D eigenvalue weighted by Gasteiger charge is -2.17. The summed E-state index contributed by atoms with van der Waals surface area (Å²) < 4.78 is 7.78. The van der Waals surface area contributed by atoms with Crippen molar-refractivity contribution < 1.29 is 4.42 Å². The van der Waals surface area contributed by atoms with Gasteiger partial charge in [-0.15, -0.1) is 0 Å².